The third kappa shape index (κ3) is 2.33. The van der Waals surface area contributed by atoms with Gasteiger partial charge >= 0.3 is 5.97 Å². The van der Waals surface area contributed by atoms with Crippen molar-refractivity contribution in [3.8, 4) is 11.1 Å². The van der Waals surface area contributed by atoms with E-state index >= 15 is 0 Å². The van der Waals surface area contributed by atoms with E-state index in [1.54, 1.807) is 12.1 Å². The number of hydrogen-bond acceptors (Lipinski definition) is 2. The molecule has 0 atom stereocenters. The van der Waals surface area contributed by atoms with Crippen molar-refractivity contribution in [2.24, 2.45) is 0 Å². The van der Waals surface area contributed by atoms with E-state index in [1.807, 2.05) is 24.3 Å². The zero-order chi connectivity index (χ0) is 12.3. The minimum atomic E-state index is -0.998. The molecule has 0 unspecified atom stereocenters. The molecule has 2 rings (SSSR count). The van der Waals surface area contributed by atoms with Gasteiger partial charge in [0.25, 0.3) is 0 Å². The van der Waals surface area contributed by atoms with Crippen molar-refractivity contribution in [3.05, 3.63) is 53.9 Å². The number of carboxylic acid groups (broad SMARTS) is 1. The van der Waals surface area contributed by atoms with Gasteiger partial charge in [0, 0.05) is 11.8 Å². The molecule has 1 heterocycles. The first-order valence-electron chi connectivity index (χ1n) is 5.50. The van der Waals surface area contributed by atoms with Crippen LogP contribution in [0.2, 0.25) is 0 Å². The first-order chi connectivity index (χ1) is 8.22. The van der Waals surface area contributed by atoms with E-state index in [4.69, 9.17) is 5.11 Å². The molecule has 0 aliphatic carbocycles. The number of aromatic nitrogens is 1. The molecule has 1 N–H and O–H groups in total. The zero-order valence-electron chi connectivity index (χ0n) is 9.55. The number of carbonyl (C=O) groups is 1. The van der Waals surface area contributed by atoms with Crippen molar-refractivity contribution in [2.45, 2.75) is 13.3 Å². The first kappa shape index (κ1) is 11.3. The van der Waals surface area contributed by atoms with Crippen LogP contribution in [0, 0.1) is 0 Å². The molecule has 0 spiro atoms. The number of nitrogens with zero attached hydrogens (tertiary/aromatic N) is 1. The molecule has 17 heavy (non-hydrogen) atoms. The first-order valence-corrected chi connectivity index (χ1v) is 5.50. The Bertz CT molecular complexity index is 549. The molecular weight excluding hydrogens is 214 g/mol. The van der Waals surface area contributed by atoms with Gasteiger partial charge in [0.2, 0.25) is 0 Å². The van der Waals surface area contributed by atoms with Gasteiger partial charge in [-0.25, -0.2) is 9.78 Å². The summed E-state index contributed by atoms with van der Waals surface area (Å²) in [6.45, 7) is 2.07. The van der Waals surface area contributed by atoms with Crippen LogP contribution < -0.4 is 0 Å². The molecular formula is C14H13NO2. The summed E-state index contributed by atoms with van der Waals surface area (Å²) >= 11 is 0. The van der Waals surface area contributed by atoms with Gasteiger partial charge in [-0.3, -0.25) is 0 Å². The summed E-state index contributed by atoms with van der Waals surface area (Å²) in [6, 6.07) is 11.4. The second-order valence-corrected chi connectivity index (χ2v) is 3.76. The van der Waals surface area contributed by atoms with Crippen LogP contribution in [-0.2, 0) is 6.42 Å². The molecule has 0 amide bonds. The number of aromatic carboxylic acids is 1. The summed E-state index contributed by atoms with van der Waals surface area (Å²) in [5.74, 6) is -0.998. The van der Waals surface area contributed by atoms with Gasteiger partial charge in [0.05, 0.1) is 0 Å². The van der Waals surface area contributed by atoms with Gasteiger partial charge in [0.1, 0.15) is 0 Å². The number of aryl methyl sites for hydroxylation is 1. The van der Waals surface area contributed by atoms with E-state index in [2.05, 4.69) is 11.9 Å². The lowest BCUT2D eigenvalue weighted by Crippen LogP contribution is -2.02. The van der Waals surface area contributed by atoms with Crippen molar-refractivity contribution < 1.29 is 9.90 Å². The van der Waals surface area contributed by atoms with E-state index in [-0.39, 0.29) is 5.69 Å². The molecule has 3 heteroatoms. The number of benzene rings is 1. The Labute approximate surface area is 99.8 Å². The van der Waals surface area contributed by atoms with E-state index < -0.39 is 5.97 Å². The van der Waals surface area contributed by atoms with E-state index in [9.17, 15) is 4.79 Å². The summed E-state index contributed by atoms with van der Waals surface area (Å²) < 4.78 is 0. The van der Waals surface area contributed by atoms with Gasteiger partial charge in [-0.2, -0.15) is 0 Å². The number of pyridine rings is 1. The highest BCUT2D eigenvalue weighted by Crippen LogP contribution is 2.23. The third-order valence-electron chi connectivity index (χ3n) is 2.66. The standard InChI is InChI=1S/C14H13NO2/c1-2-10-5-3-6-11(9-10)12-7-4-8-15-13(12)14(16)17/h3-9H,2H2,1H3,(H,16,17). The molecule has 2 aromatic rings. The molecule has 1 aromatic heterocycles. The molecule has 0 saturated carbocycles. The Hall–Kier alpha value is -2.16. The zero-order valence-corrected chi connectivity index (χ0v) is 9.55. The van der Waals surface area contributed by atoms with Crippen LogP contribution in [-0.4, -0.2) is 16.1 Å². The van der Waals surface area contributed by atoms with E-state index in [1.165, 1.54) is 11.8 Å². The maximum atomic E-state index is 11.1. The van der Waals surface area contributed by atoms with Gasteiger partial charge in [-0.05, 0) is 23.6 Å². The van der Waals surface area contributed by atoms with E-state index in [0.717, 1.165) is 12.0 Å². The van der Waals surface area contributed by atoms with Crippen LogP contribution >= 0.6 is 0 Å². The van der Waals surface area contributed by atoms with Crippen LogP contribution in [0.5, 0.6) is 0 Å². The van der Waals surface area contributed by atoms with E-state index in [0.29, 0.717) is 5.56 Å². The average Bonchev–Trinajstić information content (AvgIpc) is 2.39. The summed E-state index contributed by atoms with van der Waals surface area (Å²) in [4.78, 5) is 15.0. The Balaban J connectivity index is 2.56. The number of rotatable bonds is 3. The highest BCUT2D eigenvalue weighted by molar-refractivity contribution is 5.93. The summed E-state index contributed by atoms with van der Waals surface area (Å²) in [5.41, 5.74) is 2.84. The van der Waals surface area contributed by atoms with Crippen LogP contribution in [0.3, 0.4) is 0 Å². The fourth-order valence-electron chi connectivity index (χ4n) is 1.77. The van der Waals surface area contributed by atoms with Gasteiger partial charge in [-0.15, -0.1) is 0 Å². The molecule has 0 fully saturated rings. The van der Waals surface area contributed by atoms with Crippen molar-refractivity contribution in [1.29, 1.82) is 0 Å². The van der Waals surface area contributed by atoms with Crippen LogP contribution in [0.4, 0.5) is 0 Å². The normalized spacial score (nSPS) is 10.2. The quantitative estimate of drug-likeness (QED) is 0.876. The molecule has 0 bridgehead atoms. The van der Waals surface area contributed by atoms with Gasteiger partial charge in [0.15, 0.2) is 5.69 Å². The highest BCUT2D eigenvalue weighted by atomic mass is 16.4. The minimum absolute atomic E-state index is 0.0979. The molecule has 0 saturated heterocycles. The number of hydrogen-bond donors (Lipinski definition) is 1. The fraction of sp³-hybridized carbons (Fsp3) is 0.143. The predicted octanol–water partition coefficient (Wildman–Crippen LogP) is 3.01. The lowest BCUT2D eigenvalue weighted by Gasteiger charge is -2.06. The van der Waals surface area contributed by atoms with Crippen LogP contribution in [0.25, 0.3) is 11.1 Å². The minimum Gasteiger partial charge on any atom is -0.476 e. The predicted molar refractivity (Wildman–Crippen MR) is 66.0 cm³/mol. The topological polar surface area (TPSA) is 50.2 Å². The van der Waals surface area contributed by atoms with Gasteiger partial charge < -0.3 is 5.11 Å². The maximum absolute atomic E-state index is 11.1. The SMILES string of the molecule is CCc1cccc(-c2cccnc2C(=O)O)c1. The maximum Gasteiger partial charge on any atom is 0.355 e. The lowest BCUT2D eigenvalue weighted by atomic mass is 10.0. The largest absolute Gasteiger partial charge is 0.476 e. The van der Waals surface area contributed by atoms with Crippen LogP contribution in [0.1, 0.15) is 23.0 Å². The molecule has 0 radical (unpaired) electrons. The second-order valence-electron chi connectivity index (χ2n) is 3.76. The second kappa shape index (κ2) is 4.78. The molecule has 0 aliphatic heterocycles. The monoisotopic (exact) mass is 227 g/mol. The Morgan fingerprint density at radius 3 is 2.82 bits per heavy atom. The van der Waals surface area contributed by atoms with Gasteiger partial charge in [-0.1, -0.05) is 37.3 Å². The fourth-order valence-corrected chi connectivity index (χ4v) is 1.77. The van der Waals surface area contributed by atoms with Crippen molar-refractivity contribution in [2.75, 3.05) is 0 Å². The lowest BCUT2D eigenvalue weighted by molar-refractivity contribution is 0.0691. The summed E-state index contributed by atoms with van der Waals surface area (Å²) in [6.07, 6.45) is 2.42. The smallest absolute Gasteiger partial charge is 0.355 e. The third-order valence-corrected chi connectivity index (χ3v) is 2.66. The molecule has 1 aromatic carbocycles. The molecule has 3 nitrogen and oxygen atoms in total. The summed E-state index contributed by atoms with van der Waals surface area (Å²) in [5, 5.41) is 9.09. The molecule has 0 aliphatic rings. The Morgan fingerprint density at radius 2 is 2.12 bits per heavy atom. The highest BCUT2D eigenvalue weighted by Gasteiger charge is 2.12. The average molecular weight is 227 g/mol. The number of carboxylic acids is 1. The van der Waals surface area contributed by atoms with Crippen molar-refractivity contribution >= 4 is 5.97 Å². The van der Waals surface area contributed by atoms with Crippen molar-refractivity contribution in [1.82, 2.24) is 4.98 Å². The Morgan fingerprint density at radius 1 is 1.29 bits per heavy atom. The van der Waals surface area contributed by atoms with Crippen LogP contribution in [0.15, 0.2) is 42.6 Å². The molecule has 86 valence electrons. The van der Waals surface area contributed by atoms with Crippen molar-refractivity contribution in [3.63, 3.8) is 0 Å². The Kier molecular flexibility index (Phi) is 3.19. The summed E-state index contributed by atoms with van der Waals surface area (Å²) in [7, 11) is 0.